The number of aromatic carboxylic acids is 1. The maximum absolute atomic E-state index is 10.8. The molecular weight excluding hydrogens is 236 g/mol. The Kier molecular flexibility index (Phi) is 4.12. The topological polar surface area (TPSA) is 53.4 Å². The van der Waals surface area contributed by atoms with E-state index in [1.165, 1.54) is 37.1 Å². The molecule has 1 saturated heterocycles. The van der Waals surface area contributed by atoms with Crippen LogP contribution in [0.4, 0.5) is 0 Å². The molecule has 0 aromatic carbocycles. The van der Waals surface area contributed by atoms with Gasteiger partial charge >= 0.3 is 5.97 Å². The van der Waals surface area contributed by atoms with Gasteiger partial charge in [-0.1, -0.05) is 13.3 Å². The quantitative estimate of drug-likeness (QED) is 0.895. The van der Waals surface area contributed by atoms with Crippen LogP contribution in [-0.2, 0) is 6.42 Å². The largest absolute Gasteiger partial charge is 0.476 e. The Bertz CT molecular complexity index is 392. The zero-order valence-corrected chi connectivity index (χ0v) is 10.9. The van der Waals surface area contributed by atoms with E-state index in [0.29, 0.717) is 6.04 Å². The summed E-state index contributed by atoms with van der Waals surface area (Å²) in [5.74, 6) is -0.927. The monoisotopic (exact) mass is 254 g/mol. The standard InChI is InChI=1S/C12H18N2O2S/c1-2-14-6-4-3-5-9(14)7-11-13-10(8-17-11)12(15)16/h8-9H,2-7H2,1H3,(H,15,16). The summed E-state index contributed by atoms with van der Waals surface area (Å²) in [7, 11) is 0. The number of hydrogen-bond acceptors (Lipinski definition) is 4. The Morgan fingerprint density at radius 3 is 3.12 bits per heavy atom. The van der Waals surface area contributed by atoms with Gasteiger partial charge in [0.1, 0.15) is 0 Å². The molecule has 94 valence electrons. The molecule has 1 aromatic rings. The van der Waals surface area contributed by atoms with E-state index in [4.69, 9.17) is 5.11 Å². The molecule has 1 fully saturated rings. The van der Waals surface area contributed by atoms with Crippen molar-refractivity contribution < 1.29 is 9.90 Å². The van der Waals surface area contributed by atoms with Crippen LogP contribution in [0, 0.1) is 0 Å². The van der Waals surface area contributed by atoms with E-state index < -0.39 is 5.97 Å². The average molecular weight is 254 g/mol. The van der Waals surface area contributed by atoms with Crippen molar-refractivity contribution in [2.45, 2.75) is 38.6 Å². The van der Waals surface area contributed by atoms with Crippen LogP contribution in [0.2, 0.25) is 0 Å². The smallest absolute Gasteiger partial charge is 0.355 e. The van der Waals surface area contributed by atoms with Crippen molar-refractivity contribution in [1.82, 2.24) is 9.88 Å². The number of likely N-dealkylation sites (N-methyl/N-ethyl adjacent to an activating group) is 1. The summed E-state index contributed by atoms with van der Waals surface area (Å²) in [5.41, 5.74) is 0.184. The van der Waals surface area contributed by atoms with E-state index in [1.807, 2.05) is 0 Å². The van der Waals surface area contributed by atoms with Gasteiger partial charge in [-0.3, -0.25) is 0 Å². The third kappa shape index (κ3) is 3.04. The molecule has 17 heavy (non-hydrogen) atoms. The maximum Gasteiger partial charge on any atom is 0.355 e. The lowest BCUT2D eigenvalue weighted by atomic mass is 10.00. The Hall–Kier alpha value is -0.940. The van der Waals surface area contributed by atoms with Gasteiger partial charge in [0, 0.05) is 17.8 Å². The molecule has 2 heterocycles. The summed E-state index contributed by atoms with van der Waals surface area (Å²) in [4.78, 5) is 17.4. The number of hydrogen-bond donors (Lipinski definition) is 1. The predicted molar refractivity (Wildman–Crippen MR) is 67.7 cm³/mol. The lowest BCUT2D eigenvalue weighted by molar-refractivity contribution is 0.0691. The molecule has 0 aliphatic carbocycles. The zero-order valence-electron chi connectivity index (χ0n) is 10.1. The minimum Gasteiger partial charge on any atom is -0.476 e. The first-order chi connectivity index (χ1) is 8.20. The first-order valence-corrected chi connectivity index (χ1v) is 7.00. The number of thiazole rings is 1. The highest BCUT2D eigenvalue weighted by Crippen LogP contribution is 2.22. The van der Waals surface area contributed by atoms with Crippen LogP contribution in [0.15, 0.2) is 5.38 Å². The summed E-state index contributed by atoms with van der Waals surface area (Å²) < 4.78 is 0. The molecule has 1 aliphatic heterocycles. The fraction of sp³-hybridized carbons (Fsp3) is 0.667. The van der Waals surface area contributed by atoms with Crippen molar-refractivity contribution in [2.24, 2.45) is 0 Å². The third-order valence-electron chi connectivity index (χ3n) is 3.34. The summed E-state index contributed by atoms with van der Waals surface area (Å²) in [6.07, 6.45) is 4.66. The number of carboxylic acid groups (broad SMARTS) is 1. The summed E-state index contributed by atoms with van der Waals surface area (Å²) in [6, 6.07) is 0.543. The van der Waals surface area contributed by atoms with Crippen molar-refractivity contribution in [2.75, 3.05) is 13.1 Å². The normalized spacial score (nSPS) is 21.6. The number of nitrogens with zero attached hydrogens (tertiary/aromatic N) is 2. The van der Waals surface area contributed by atoms with Gasteiger partial charge in [0.25, 0.3) is 0 Å². The van der Waals surface area contributed by atoms with E-state index in [1.54, 1.807) is 5.38 Å². The summed E-state index contributed by atoms with van der Waals surface area (Å²) >= 11 is 1.47. The lowest BCUT2D eigenvalue weighted by Crippen LogP contribution is -2.40. The second kappa shape index (κ2) is 5.60. The van der Waals surface area contributed by atoms with E-state index in [2.05, 4.69) is 16.8 Å². The van der Waals surface area contributed by atoms with Gasteiger partial charge in [0.15, 0.2) is 5.69 Å². The predicted octanol–water partition coefficient (Wildman–Crippen LogP) is 2.26. The van der Waals surface area contributed by atoms with Gasteiger partial charge in [0.2, 0.25) is 0 Å². The first-order valence-electron chi connectivity index (χ1n) is 6.12. The molecule has 1 atom stereocenters. The highest BCUT2D eigenvalue weighted by molar-refractivity contribution is 7.09. The highest BCUT2D eigenvalue weighted by atomic mass is 32.1. The van der Waals surface area contributed by atoms with E-state index in [0.717, 1.165) is 18.0 Å². The lowest BCUT2D eigenvalue weighted by Gasteiger charge is -2.34. The van der Waals surface area contributed by atoms with Crippen molar-refractivity contribution in [3.63, 3.8) is 0 Å². The van der Waals surface area contributed by atoms with Crippen molar-refractivity contribution in [1.29, 1.82) is 0 Å². The van der Waals surface area contributed by atoms with Gasteiger partial charge < -0.3 is 10.0 Å². The molecule has 0 bridgehead atoms. The minimum atomic E-state index is -0.927. The van der Waals surface area contributed by atoms with Crippen LogP contribution in [0.5, 0.6) is 0 Å². The maximum atomic E-state index is 10.8. The van der Waals surface area contributed by atoms with Crippen LogP contribution >= 0.6 is 11.3 Å². The number of carbonyl (C=O) groups is 1. The second-order valence-corrected chi connectivity index (χ2v) is 5.36. The molecule has 0 radical (unpaired) electrons. The van der Waals surface area contributed by atoms with Crippen molar-refractivity contribution in [3.05, 3.63) is 16.1 Å². The molecule has 1 N–H and O–H groups in total. The van der Waals surface area contributed by atoms with E-state index in [9.17, 15) is 4.79 Å². The van der Waals surface area contributed by atoms with Gasteiger partial charge in [-0.2, -0.15) is 0 Å². The molecule has 0 spiro atoms. The Balaban J connectivity index is 2.00. The molecule has 2 rings (SSSR count). The summed E-state index contributed by atoms with van der Waals surface area (Å²) in [6.45, 7) is 4.42. The molecule has 1 unspecified atom stereocenters. The minimum absolute atomic E-state index is 0.184. The van der Waals surface area contributed by atoms with Crippen LogP contribution in [0.1, 0.15) is 41.7 Å². The molecule has 1 aliphatic rings. The molecule has 0 amide bonds. The van der Waals surface area contributed by atoms with Crippen molar-refractivity contribution in [3.8, 4) is 0 Å². The molecule has 1 aromatic heterocycles. The Morgan fingerprint density at radius 2 is 2.47 bits per heavy atom. The van der Waals surface area contributed by atoms with Crippen LogP contribution in [0.25, 0.3) is 0 Å². The number of likely N-dealkylation sites (tertiary alicyclic amines) is 1. The number of aromatic nitrogens is 1. The zero-order chi connectivity index (χ0) is 12.3. The van der Waals surface area contributed by atoms with Gasteiger partial charge in [-0.25, -0.2) is 9.78 Å². The number of carboxylic acids is 1. The SMILES string of the molecule is CCN1CCCCC1Cc1nc(C(=O)O)cs1. The Morgan fingerprint density at radius 1 is 1.65 bits per heavy atom. The van der Waals surface area contributed by atoms with Gasteiger partial charge in [0.05, 0.1) is 5.01 Å². The average Bonchev–Trinajstić information content (AvgIpc) is 2.78. The molecular formula is C12H18N2O2S. The highest BCUT2D eigenvalue weighted by Gasteiger charge is 2.22. The Labute approximate surface area is 105 Å². The third-order valence-corrected chi connectivity index (χ3v) is 4.21. The fourth-order valence-corrected chi connectivity index (χ4v) is 3.25. The molecule has 0 saturated carbocycles. The van der Waals surface area contributed by atoms with Crippen LogP contribution < -0.4 is 0 Å². The fourth-order valence-electron chi connectivity index (χ4n) is 2.41. The van der Waals surface area contributed by atoms with Crippen LogP contribution in [0.3, 0.4) is 0 Å². The summed E-state index contributed by atoms with van der Waals surface area (Å²) in [5, 5.41) is 11.4. The van der Waals surface area contributed by atoms with Crippen molar-refractivity contribution >= 4 is 17.3 Å². The molecule has 5 heteroatoms. The number of piperidine rings is 1. The molecule has 4 nitrogen and oxygen atoms in total. The van der Waals surface area contributed by atoms with E-state index in [-0.39, 0.29) is 5.69 Å². The van der Waals surface area contributed by atoms with Crippen LogP contribution in [-0.4, -0.2) is 40.1 Å². The second-order valence-electron chi connectivity index (χ2n) is 4.41. The first kappa shape index (κ1) is 12.5. The van der Waals surface area contributed by atoms with E-state index >= 15 is 0 Å². The van der Waals surface area contributed by atoms with Gasteiger partial charge in [-0.05, 0) is 25.9 Å². The van der Waals surface area contributed by atoms with Gasteiger partial charge in [-0.15, -0.1) is 11.3 Å². The number of rotatable bonds is 4.